The molecule has 0 saturated heterocycles. The van der Waals surface area contributed by atoms with E-state index in [1.807, 2.05) is 0 Å². The Morgan fingerprint density at radius 2 is 0.957 bits per heavy atom. The molecule has 2 aliphatic rings. The topological polar surface area (TPSA) is 43.2 Å². The van der Waals surface area contributed by atoms with Crippen LogP contribution in [0.15, 0.2) is 70.6 Å². The summed E-state index contributed by atoms with van der Waals surface area (Å²) < 4.78 is 12.7. The molecule has 0 heterocycles. The van der Waals surface area contributed by atoms with Crippen LogP contribution in [0, 0.1) is 0 Å². The van der Waals surface area contributed by atoms with Gasteiger partial charge in [-0.05, 0) is 102 Å². The third-order valence-corrected chi connectivity index (χ3v) is 11.2. The molecule has 4 rings (SSSR count). The number of hydrogen-bond donors (Lipinski definition) is 0. The SMILES string of the molecule is C[Si](C)(C)OCCCC(=NC1CCCCC1c1ccccc1)C(CCCO[Si](C)(C)C)=NC1CCCCC1c1ccccc1.[Br][Ni][Br]. The molecule has 0 bridgehead atoms. The molecule has 2 aromatic carbocycles. The van der Waals surface area contributed by atoms with Gasteiger partial charge in [0.05, 0.1) is 23.5 Å². The molecule has 0 amide bonds. The van der Waals surface area contributed by atoms with Crippen molar-refractivity contribution < 1.29 is 19.7 Å². The van der Waals surface area contributed by atoms with E-state index >= 15 is 0 Å². The van der Waals surface area contributed by atoms with E-state index in [-0.39, 0.29) is 0 Å². The van der Waals surface area contributed by atoms with Crippen molar-refractivity contribution in [2.24, 2.45) is 9.98 Å². The van der Waals surface area contributed by atoms with Crippen molar-refractivity contribution in [3.8, 4) is 0 Å². The van der Waals surface area contributed by atoms with Crippen LogP contribution >= 0.6 is 28.5 Å². The Hall–Kier alpha value is -0.413. The van der Waals surface area contributed by atoms with Crippen LogP contribution in [0.1, 0.15) is 100 Å². The molecule has 9 heteroatoms. The maximum atomic E-state index is 6.33. The Morgan fingerprint density at radius 1 is 0.617 bits per heavy atom. The van der Waals surface area contributed by atoms with Gasteiger partial charge in [0.1, 0.15) is 0 Å². The van der Waals surface area contributed by atoms with Crippen LogP contribution in [0.4, 0.5) is 0 Å². The number of aliphatic imine (C=N–C) groups is 2. The summed E-state index contributed by atoms with van der Waals surface area (Å²) in [6, 6.07) is 22.9. The van der Waals surface area contributed by atoms with Crippen LogP contribution in [-0.4, -0.2) is 53.4 Å². The van der Waals surface area contributed by atoms with Crippen molar-refractivity contribution in [1.82, 2.24) is 0 Å². The first-order valence-corrected chi connectivity index (χ1v) is 29.5. The summed E-state index contributed by atoms with van der Waals surface area (Å²) in [6.45, 7) is 15.3. The van der Waals surface area contributed by atoms with E-state index in [4.69, 9.17) is 18.8 Å². The first kappa shape index (κ1) is 41.0. The van der Waals surface area contributed by atoms with Gasteiger partial charge in [-0.25, -0.2) is 0 Å². The third kappa shape index (κ3) is 16.0. The van der Waals surface area contributed by atoms with Crippen LogP contribution < -0.4 is 0 Å². The zero-order chi connectivity index (χ0) is 34.1. The number of rotatable bonds is 15. The molecule has 266 valence electrons. The number of nitrogens with zero attached hydrogens (tertiary/aromatic N) is 2. The fourth-order valence-electron chi connectivity index (χ4n) is 6.91. The summed E-state index contributed by atoms with van der Waals surface area (Å²) in [5.74, 6) is 0.975. The zero-order valence-corrected chi connectivity index (χ0v) is 35.9. The van der Waals surface area contributed by atoms with E-state index in [9.17, 15) is 0 Å². The Kier molecular flexibility index (Phi) is 19.0. The standard InChI is InChI=1S/C38H60N2O2Si2.2BrH.Ni/c1-43(2,3)41-29-17-27-37(39-35-25-15-13-23-33(35)31-19-9-7-10-20-31)38(28-18-30-42-44(4,5)6)40-36-26-16-14-24-34(36)32-21-11-8-12-22-32;;;/h7-12,19-22,33-36H,13-18,23-30H2,1-6H3;2*1H;/q;;;+2/p-2. The summed E-state index contributed by atoms with van der Waals surface area (Å²) in [7, 11) is -1.87. The molecule has 2 fully saturated rings. The van der Waals surface area contributed by atoms with Gasteiger partial charge in [-0.1, -0.05) is 86.3 Å². The predicted octanol–water partition coefficient (Wildman–Crippen LogP) is 12.3. The Morgan fingerprint density at radius 3 is 1.30 bits per heavy atom. The molecule has 0 aromatic heterocycles. The molecular formula is C38H60Br2N2NiO2Si2. The van der Waals surface area contributed by atoms with Gasteiger partial charge in [-0.3, -0.25) is 9.98 Å². The average Bonchev–Trinajstić information content (AvgIpc) is 3.05. The molecule has 2 saturated carbocycles. The summed E-state index contributed by atoms with van der Waals surface area (Å²) in [5, 5.41) is 0. The van der Waals surface area contributed by atoms with Crippen LogP contribution in [-0.2, 0) is 19.7 Å². The Balaban J connectivity index is 0.00000192. The minimum atomic E-state index is -1.56. The van der Waals surface area contributed by atoms with Crippen molar-refractivity contribution in [3.05, 3.63) is 71.8 Å². The minimum absolute atomic E-state index is 0.318. The van der Waals surface area contributed by atoms with Gasteiger partial charge in [-0.2, -0.15) is 0 Å². The van der Waals surface area contributed by atoms with Gasteiger partial charge in [0.2, 0.25) is 0 Å². The van der Waals surface area contributed by atoms with Crippen molar-refractivity contribution in [2.45, 2.75) is 140 Å². The maximum absolute atomic E-state index is 6.33. The average molecular weight is 852 g/mol. The van der Waals surface area contributed by atoms with Crippen molar-refractivity contribution in [3.63, 3.8) is 0 Å². The molecule has 47 heavy (non-hydrogen) atoms. The summed E-state index contributed by atoms with van der Waals surface area (Å²) >= 11 is 6.00. The van der Waals surface area contributed by atoms with E-state index in [1.165, 1.54) is 72.0 Å². The van der Waals surface area contributed by atoms with E-state index in [0.717, 1.165) is 51.7 Å². The third-order valence-electron chi connectivity index (χ3n) is 9.08. The van der Waals surface area contributed by atoms with Crippen molar-refractivity contribution >= 4 is 56.5 Å². The first-order chi connectivity index (χ1) is 22.5. The van der Waals surface area contributed by atoms with Crippen LogP contribution in [0.3, 0.4) is 0 Å². The number of halogens is 2. The van der Waals surface area contributed by atoms with E-state index in [2.05, 4.69) is 128 Å². The first-order valence-electron chi connectivity index (χ1n) is 17.8. The predicted molar refractivity (Wildman–Crippen MR) is 213 cm³/mol. The van der Waals surface area contributed by atoms with Gasteiger partial charge >= 0.3 is 39.3 Å². The molecule has 0 spiro atoms. The van der Waals surface area contributed by atoms with Gasteiger partial charge in [0.15, 0.2) is 16.6 Å². The molecule has 0 N–H and O–H groups in total. The van der Waals surface area contributed by atoms with E-state index in [1.54, 1.807) is 0 Å². The fraction of sp³-hybridized carbons (Fsp3) is 0.632. The molecule has 4 atom stereocenters. The van der Waals surface area contributed by atoms with Crippen LogP contribution in [0.5, 0.6) is 0 Å². The second-order valence-corrected chi connectivity index (χ2v) is 29.1. The Labute approximate surface area is 309 Å². The summed E-state index contributed by atoms with van der Waals surface area (Å²) in [6.07, 6.45) is 13.8. The second-order valence-electron chi connectivity index (χ2n) is 15.1. The second kappa shape index (κ2) is 21.7. The van der Waals surface area contributed by atoms with E-state index < -0.39 is 16.6 Å². The van der Waals surface area contributed by atoms with Crippen molar-refractivity contribution in [1.29, 1.82) is 0 Å². The fourth-order valence-corrected chi connectivity index (χ4v) is 8.43. The molecule has 2 aromatic rings. The normalized spacial score (nSPS) is 22.9. The molecule has 4 unspecified atom stereocenters. The zero-order valence-electron chi connectivity index (χ0n) is 29.8. The number of benzene rings is 2. The molecule has 2 aliphatic carbocycles. The van der Waals surface area contributed by atoms with Crippen LogP contribution in [0.25, 0.3) is 0 Å². The van der Waals surface area contributed by atoms with Gasteiger partial charge < -0.3 is 8.85 Å². The molecule has 0 aliphatic heterocycles. The van der Waals surface area contributed by atoms with Gasteiger partial charge in [-0.15, -0.1) is 0 Å². The van der Waals surface area contributed by atoms with Gasteiger partial charge in [0.25, 0.3) is 0 Å². The quantitative estimate of drug-likeness (QED) is 0.102. The van der Waals surface area contributed by atoms with Gasteiger partial charge in [0, 0.05) is 25.0 Å². The van der Waals surface area contributed by atoms with E-state index in [0.29, 0.717) is 23.9 Å². The summed E-state index contributed by atoms with van der Waals surface area (Å²) in [5.41, 5.74) is 5.39. The summed E-state index contributed by atoms with van der Waals surface area (Å²) in [4.78, 5) is 11.5. The van der Waals surface area contributed by atoms with Crippen LogP contribution in [0.2, 0.25) is 39.3 Å². The molecule has 4 nitrogen and oxygen atoms in total. The van der Waals surface area contributed by atoms with Crippen molar-refractivity contribution in [2.75, 3.05) is 13.2 Å². The molecule has 0 radical (unpaired) electrons. The number of hydrogen-bond acceptors (Lipinski definition) is 4. The monoisotopic (exact) mass is 848 g/mol. The Bertz CT molecular complexity index is 1110. The molecular weight excluding hydrogens is 791 g/mol.